The number of amides is 2. The average molecular weight is 366 g/mol. The van der Waals surface area contributed by atoms with Crippen LogP contribution >= 0.6 is 11.3 Å². The number of primary amides is 1. The lowest BCUT2D eigenvalue weighted by molar-refractivity contribution is -0.138. The molecule has 0 bridgehead atoms. The minimum absolute atomic E-state index is 0.123. The molecule has 0 saturated carbocycles. The second-order valence-electron chi connectivity index (χ2n) is 7.30. The topological polar surface area (TPSA) is 109 Å². The molecule has 0 saturated heterocycles. The Bertz CT molecular complexity index is 693. The van der Waals surface area contributed by atoms with Gasteiger partial charge in [0.2, 0.25) is 5.91 Å². The van der Waals surface area contributed by atoms with Gasteiger partial charge in [-0.3, -0.25) is 14.4 Å². The van der Waals surface area contributed by atoms with Gasteiger partial charge in [0.15, 0.2) is 0 Å². The molecule has 1 aromatic rings. The van der Waals surface area contributed by atoms with E-state index in [1.807, 2.05) is 0 Å². The number of nitrogens with two attached hydrogens (primary N) is 1. The third-order valence-electron chi connectivity index (χ3n) is 5.35. The second-order valence-corrected chi connectivity index (χ2v) is 8.40. The molecular weight excluding hydrogens is 340 g/mol. The number of hydrogen-bond donors (Lipinski definition) is 3. The second kappa shape index (κ2) is 7.56. The van der Waals surface area contributed by atoms with Crippen molar-refractivity contribution in [3.8, 4) is 0 Å². The Balaban J connectivity index is 2.24. The first kappa shape index (κ1) is 19.4. The molecule has 0 aliphatic heterocycles. The van der Waals surface area contributed by atoms with Crippen molar-refractivity contribution in [3.05, 3.63) is 16.0 Å². The first-order chi connectivity index (χ1) is 11.7. The Hall–Kier alpha value is -1.89. The lowest BCUT2D eigenvalue weighted by Crippen LogP contribution is -2.29. The predicted octanol–water partition coefficient (Wildman–Crippen LogP) is 3.19. The third kappa shape index (κ3) is 4.39. The standard InChI is InChI=1S/C18H26N2O4S/c1-4-18(2,3)10-5-6-11-12(9-10)25-17(15(11)16(19)24)20-13(21)7-8-14(22)23/h10H,4-9H2,1-3H3,(H2,19,24)(H,20,21)(H,22,23). The summed E-state index contributed by atoms with van der Waals surface area (Å²) in [5, 5.41) is 11.8. The Kier molecular flexibility index (Phi) is 5.87. The highest BCUT2D eigenvalue weighted by Crippen LogP contribution is 2.45. The molecule has 1 aliphatic rings. The highest BCUT2D eigenvalue weighted by Gasteiger charge is 2.34. The van der Waals surface area contributed by atoms with Crippen molar-refractivity contribution < 1.29 is 19.5 Å². The Morgan fingerprint density at radius 1 is 1.32 bits per heavy atom. The van der Waals surface area contributed by atoms with Crippen LogP contribution in [0.4, 0.5) is 5.00 Å². The van der Waals surface area contributed by atoms with E-state index < -0.39 is 17.8 Å². The Labute approximate surface area is 151 Å². The van der Waals surface area contributed by atoms with E-state index >= 15 is 0 Å². The molecule has 25 heavy (non-hydrogen) atoms. The van der Waals surface area contributed by atoms with Crippen molar-refractivity contribution in [3.63, 3.8) is 0 Å². The molecule has 1 heterocycles. The number of aliphatic carboxylic acids is 1. The number of anilines is 1. The van der Waals surface area contributed by atoms with Crippen LogP contribution < -0.4 is 11.1 Å². The fourth-order valence-corrected chi connectivity index (χ4v) is 4.65. The molecule has 2 rings (SSSR count). The number of thiophene rings is 1. The number of fused-ring (bicyclic) bond motifs is 1. The van der Waals surface area contributed by atoms with Crippen LogP contribution in [0, 0.1) is 11.3 Å². The zero-order valence-corrected chi connectivity index (χ0v) is 15.8. The summed E-state index contributed by atoms with van der Waals surface area (Å²) in [7, 11) is 0. The zero-order chi connectivity index (χ0) is 18.8. The molecule has 4 N–H and O–H groups in total. The van der Waals surface area contributed by atoms with Crippen LogP contribution in [0.15, 0.2) is 0 Å². The van der Waals surface area contributed by atoms with Gasteiger partial charge in [-0.1, -0.05) is 27.2 Å². The summed E-state index contributed by atoms with van der Waals surface area (Å²) in [6, 6.07) is 0. The molecule has 7 heteroatoms. The number of carbonyl (C=O) groups is 3. The maximum Gasteiger partial charge on any atom is 0.303 e. The van der Waals surface area contributed by atoms with Crippen LogP contribution in [0.1, 0.15) is 67.3 Å². The number of carboxylic acid groups (broad SMARTS) is 1. The molecule has 138 valence electrons. The molecule has 1 aromatic heterocycles. The van der Waals surface area contributed by atoms with E-state index in [2.05, 4.69) is 26.1 Å². The van der Waals surface area contributed by atoms with Gasteiger partial charge in [0, 0.05) is 11.3 Å². The number of carbonyl (C=O) groups excluding carboxylic acids is 2. The van der Waals surface area contributed by atoms with Gasteiger partial charge in [0.1, 0.15) is 5.00 Å². The van der Waals surface area contributed by atoms with Crippen LogP contribution in [0.2, 0.25) is 0 Å². The molecule has 1 unspecified atom stereocenters. The summed E-state index contributed by atoms with van der Waals surface area (Å²) in [4.78, 5) is 35.6. The van der Waals surface area contributed by atoms with E-state index in [4.69, 9.17) is 10.8 Å². The summed E-state index contributed by atoms with van der Waals surface area (Å²) < 4.78 is 0. The summed E-state index contributed by atoms with van der Waals surface area (Å²) in [5.41, 5.74) is 7.12. The van der Waals surface area contributed by atoms with Crippen LogP contribution in [0.3, 0.4) is 0 Å². The SMILES string of the molecule is CCC(C)(C)C1CCc2c(sc(NC(=O)CCC(=O)O)c2C(N)=O)C1. The van der Waals surface area contributed by atoms with Gasteiger partial charge >= 0.3 is 5.97 Å². The number of rotatable bonds is 7. The maximum atomic E-state index is 12.0. The van der Waals surface area contributed by atoms with Crippen molar-refractivity contribution in [2.24, 2.45) is 17.1 Å². The van der Waals surface area contributed by atoms with E-state index in [0.29, 0.717) is 16.5 Å². The summed E-state index contributed by atoms with van der Waals surface area (Å²) >= 11 is 1.40. The lowest BCUT2D eigenvalue weighted by Gasteiger charge is -2.36. The van der Waals surface area contributed by atoms with Gasteiger partial charge in [-0.15, -0.1) is 11.3 Å². The first-order valence-corrected chi connectivity index (χ1v) is 9.43. The largest absolute Gasteiger partial charge is 0.481 e. The average Bonchev–Trinajstić information content (AvgIpc) is 2.89. The molecule has 1 atom stereocenters. The molecule has 0 radical (unpaired) electrons. The third-order valence-corrected chi connectivity index (χ3v) is 6.52. The number of hydrogen-bond acceptors (Lipinski definition) is 4. The van der Waals surface area contributed by atoms with Gasteiger partial charge < -0.3 is 16.2 Å². The van der Waals surface area contributed by atoms with Crippen molar-refractivity contribution in [2.45, 2.75) is 59.3 Å². The van der Waals surface area contributed by atoms with Gasteiger partial charge in [-0.2, -0.15) is 0 Å². The minimum atomic E-state index is -1.03. The minimum Gasteiger partial charge on any atom is -0.481 e. The van der Waals surface area contributed by atoms with Crippen molar-refractivity contribution >= 4 is 34.1 Å². The Morgan fingerprint density at radius 3 is 2.56 bits per heavy atom. The fraction of sp³-hybridized carbons (Fsp3) is 0.611. The van der Waals surface area contributed by atoms with Crippen molar-refractivity contribution in [1.82, 2.24) is 0 Å². The number of nitrogens with one attached hydrogen (secondary N) is 1. The molecule has 1 aliphatic carbocycles. The van der Waals surface area contributed by atoms with E-state index in [1.54, 1.807) is 0 Å². The Morgan fingerprint density at radius 2 is 2.00 bits per heavy atom. The van der Waals surface area contributed by atoms with Crippen LogP contribution in [-0.2, 0) is 22.4 Å². The summed E-state index contributed by atoms with van der Waals surface area (Å²) in [6.07, 6.45) is 3.38. The fourth-order valence-electron chi connectivity index (χ4n) is 3.30. The molecule has 0 fully saturated rings. The molecule has 0 spiro atoms. The van der Waals surface area contributed by atoms with E-state index in [9.17, 15) is 14.4 Å². The van der Waals surface area contributed by atoms with E-state index in [-0.39, 0.29) is 18.3 Å². The van der Waals surface area contributed by atoms with Crippen molar-refractivity contribution in [1.29, 1.82) is 0 Å². The summed E-state index contributed by atoms with van der Waals surface area (Å²) in [6.45, 7) is 6.71. The van der Waals surface area contributed by atoms with Gasteiger partial charge in [-0.05, 0) is 36.2 Å². The molecule has 6 nitrogen and oxygen atoms in total. The highest BCUT2D eigenvalue weighted by atomic mass is 32.1. The lowest BCUT2D eigenvalue weighted by atomic mass is 9.69. The van der Waals surface area contributed by atoms with E-state index in [0.717, 1.165) is 36.1 Å². The van der Waals surface area contributed by atoms with Crippen LogP contribution in [0.25, 0.3) is 0 Å². The quantitative estimate of drug-likeness (QED) is 0.688. The van der Waals surface area contributed by atoms with Crippen molar-refractivity contribution in [2.75, 3.05) is 5.32 Å². The molecule has 2 amide bonds. The van der Waals surface area contributed by atoms with Crippen LogP contribution in [-0.4, -0.2) is 22.9 Å². The molecule has 0 aromatic carbocycles. The highest BCUT2D eigenvalue weighted by molar-refractivity contribution is 7.17. The van der Waals surface area contributed by atoms with Crippen LogP contribution in [0.5, 0.6) is 0 Å². The van der Waals surface area contributed by atoms with Gasteiger partial charge in [0.05, 0.1) is 12.0 Å². The summed E-state index contributed by atoms with van der Waals surface area (Å²) in [5.74, 6) is -1.45. The monoisotopic (exact) mass is 366 g/mol. The first-order valence-electron chi connectivity index (χ1n) is 8.61. The zero-order valence-electron chi connectivity index (χ0n) is 15.0. The van der Waals surface area contributed by atoms with Gasteiger partial charge in [0.25, 0.3) is 5.91 Å². The maximum absolute atomic E-state index is 12.0. The predicted molar refractivity (Wildman–Crippen MR) is 97.9 cm³/mol. The molecular formula is C18H26N2O4S. The smallest absolute Gasteiger partial charge is 0.303 e. The van der Waals surface area contributed by atoms with Gasteiger partial charge in [-0.25, -0.2) is 0 Å². The number of carboxylic acids is 1. The van der Waals surface area contributed by atoms with E-state index in [1.165, 1.54) is 11.3 Å². The normalized spacial score (nSPS) is 17.0.